The zero-order valence-electron chi connectivity index (χ0n) is 19.0. The van der Waals surface area contributed by atoms with E-state index in [0.29, 0.717) is 16.9 Å². The normalized spacial score (nSPS) is 15.7. The van der Waals surface area contributed by atoms with Crippen molar-refractivity contribution in [3.8, 4) is 0 Å². The number of amides is 1. The molecule has 35 heavy (non-hydrogen) atoms. The number of carbonyl (C=O) groups excluding carboxylic acids is 2. The van der Waals surface area contributed by atoms with Crippen LogP contribution in [0, 0.1) is 5.82 Å². The van der Waals surface area contributed by atoms with E-state index in [0.717, 1.165) is 11.6 Å². The van der Waals surface area contributed by atoms with Crippen molar-refractivity contribution in [3.63, 3.8) is 0 Å². The number of esters is 1. The number of alkyl halides is 3. The van der Waals surface area contributed by atoms with Crippen molar-refractivity contribution in [2.75, 3.05) is 24.0 Å². The van der Waals surface area contributed by atoms with E-state index >= 15 is 0 Å². The maximum absolute atomic E-state index is 14.1. The van der Waals surface area contributed by atoms with E-state index in [-0.39, 0.29) is 18.5 Å². The summed E-state index contributed by atoms with van der Waals surface area (Å²) in [6, 6.07) is 14.6. The molecule has 3 aromatic carbocycles. The lowest BCUT2D eigenvalue weighted by Crippen LogP contribution is -2.53. The van der Waals surface area contributed by atoms with Gasteiger partial charge in [-0.25, -0.2) is 9.18 Å². The molecule has 0 saturated carbocycles. The number of fused-ring (bicyclic) bond motifs is 1. The molecule has 5 nitrogen and oxygen atoms in total. The molecule has 0 aliphatic carbocycles. The van der Waals surface area contributed by atoms with Crippen LogP contribution in [0.3, 0.4) is 0 Å². The molecular formula is C26H22F4N2O3. The molecule has 9 heteroatoms. The summed E-state index contributed by atoms with van der Waals surface area (Å²) >= 11 is 0. The van der Waals surface area contributed by atoms with Crippen molar-refractivity contribution < 1.29 is 31.9 Å². The number of hydrogen-bond acceptors (Lipinski definition) is 4. The number of nitrogens with zero attached hydrogens (tertiary/aromatic N) is 2. The Labute approximate surface area is 199 Å². The highest BCUT2D eigenvalue weighted by Gasteiger charge is 2.39. The molecule has 0 aromatic heterocycles. The van der Waals surface area contributed by atoms with Crippen molar-refractivity contribution in [1.82, 2.24) is 0 Å². The van der Waals surface area contributed by atoms with Gasteiger partial charge in [-0.05, 0) is 47.5 Å². The standard InChI is InChI=1S/C26H22F4N2O3/c1-31-22-14-19(27)11-12-21(22)32(15-18-5-3-4-6-20(18)26(28,29)30)24(33)23(31)13-16-7-9-17(10-8-16)25(34)35-2/h3-12,14,23H,13,15H2,1-2H3. The Hall–Kier alpha value is -3.88. The van der Waals surface area contributed by atoms with Crippen molar-refractivity contribution in [3.05, 3.63) is 94.8 Å². The minimum atomic E-state index is -4.58. The molecule has 1 unspecified atom stereocenters. The number of halogens is 4. The number of likely N-dealkylation sites (N-methyl/N-ethyl adjacent to an activating group) is 1. The SMILES string of the molecule is COC(=O)c1ccc(CC2C(=O)N(Cc3ccccc3C(F)(F)F)c3ccc(F)cc3N2C)cc1. The quantitative estimate of drug-likeness (QED) is 0.366. The molecule has 4 rings (SSSR count). The lowest BCUT2D eigenvalue weighted by Gasteiger charge is -2.41. The van der Waals surface area contributed by atoms with Crippen molar-refractivity contribution in [2.45, 2.75) is 25.2 Å². The maximum Gasteiger partial charge on any atom is 0.416 e. The van der Waals surface area contributed by atoms with E-state index in [1.807, 2.05) is 0 Å². The number of methoxy groups -OCH3 is 1. The molecule has 1 aliphatic rings. The van der Waals surface area contributed by atoms with Crippen LogP contribution in [0.25, 0.3) is 0 Å². The lowest BCUT2D eigenvalue weighted by atomic mass is 9.97. The van der Waals surface area contributed by atoms with Crippen LogP contribution in [0.4, 0.5) is 28.9 Å². The second kappa shape index (κ2) is 9.40. The van der Waals surface area contributed by atoms with Gasteiger partial charge < -0.3 is 14.5 Å². The largest absolute Gasteiger partial charge is 0.465 e. The third kappa shape index (κ3) is 4.84. The van der Waals surface area contributed by atoms with Gasteiger partial charge in [0.25, 0.3) is 0 Å². The fourth-order valence-electron chi connectivity index (χ4n) is 4.25. The van der Waals surface area contributed by atoms with E-state index in [2.05, 4.69) is 0 Å². The summed E-state index contributed by atoms with van der Waals surface area (Å²) < 4.78 is 59.6. The van der Waals surface area contributed by atoms with Gasteiger partial charge in [0.15, 0.2) is 0 Å². The predicted octanol–water partition coefficient (Wildman–Crippen LogP) is 5.23. The Bertz CT molecular complexity index is 1260. The third-order valence-corrected chi connectivity index (χ3v) is 6.08. The Morgan fingerprint density at radius 3 is 2.34 bits per heavy atom. The van der Waals surface area contributed by atoms with Crippen LogP contribution in [-0.4, -0.2) is 32.1 Å². The zero-order chi connectivity index (χ0) is 25.3. The molecule has 0 N–H and O–H groups in total. The van der Waals surface area contributed by atoms with E-state index < -0.39 is 35.5 Å². The molecule has 3 aromatic rings. The van der Waals surface area contributed by atoms with Crippen molar-refractivity contribution >= 4 is 23.3 Å². The first-order valence-electron chi connectivity index (χ1n) is 10.8. The molecule has 0 saturated heterocycles. The highest BCUT2D eigenvalue weighted by molar-refractivity contribution is 6.05. The molecule has 1 amide bonds. The average molecular weight is 486 g/mol. The van der Waals surface area contributed by atoms with Crippen LogP contribution in [0.15, 0.2) is 66.7 Å². The van der Waals surface area contributed by atoms with Crippen LogP contribution in [0.5, 0.6) is 0 Å². The van der Waals surface area contributed by atoms with Gasteiger partial charge in [-0.2, -0.15) is 13.2 Å². The second-order valence-electron chi connectivity index (χ2n) is 8.23. The zero-order valence-corrected chi connectivity index (χ0v) is 19.0. The fraction of sp³-hybridized carbons (Fsp3) is 0.231. The van der Waals surface area contributed by atoms with E-state index in [1.54, 1.807) is 36.2 Å². The number of benzene rings is 3. The van der Waals surface area contributed by atoms with Crippen LogP contribution >= 0.6 is 0 Å². The fourth-order valence-corrected chi connectivity index (χ4v) is 4.25. The summed E-state index contributed by atoms with van der Waals surface area (Å²) in [5.74, 6) is -1.44. The summed E-state index contributed by atoms with van der Waals surface area (Å²) in [5, 5.41) is 0. The monoisotopic (exact) mass is 486 g/mol. The number of anilines is 2. The van der Waals surface area contributed by atoms with Gasteiger partial charge in [0.05, 0.1) is 36.2 Å². The molecule has 0 spiro atoms. The van der Waals surface area contributed by atoms with Gasteiger partial charge in [0.2, 0.25) is 5.91 Å². The molecule has 182 valence electrons. The summed E-state index contributed by atoms with van der Waals surface area (Å²) in [6.07, 6.45) is -4.39. The van der Waals surface area contributed by atoms with Gasteiger partial charge in [-0.15, -0.1) is 0 Å². The first kappa shape index (κ1) is 24.3. The van der Waals surface area contributed by atoms with E-state index in [1.165, 1.54) is 48.4 Å². The molecular weight excluding hydrogens is 464 g/mol. The van der Waals surface area contributed by atoms with E-state index in [9.17, 15) is 27.2 Å². The molecule has 0 fully saturated rings. The summed E-state index contributed by atoms with van der Waals surface area (Å²) in [5.41, 5.74) is 0.897. The number of hydrogen-bond donors (Lipinski definition) is 0. The highest BCUT2D eigenvalue weighted by atomic mass is 19.4. The van der Waals surface area contributed by atoms with Gasteiger partial charge >= 0.3 is 12.1 Å². The summed E-state index contributed by atoms with van der Waals surface area (Å²) in [7, 11) is 2.92. The highest BCUT2D eigenvalue weighted by Crippen LogP contribution is 2.39. The Balaban J connectivity index is 1.71. The van der Waals surface area contributed by atoms with Crippen LogP contribution in [0.1, 0.15) is 27.0 Å². The summed E-state index contributed by atoms with van der Waals surface area (Å²) in [6.45, 7) is -0.321. The topological polar surface area (TPSA) is 49.9 Å². The third-order valence-electron chi connectivity index (χ3n) is 6.08. The second-order valence-corrected chi connectivity index (χ2v) is 8.23. The molecule has 1 aliphatic heterocycles. The smallest absolute Gasteiger partial charge is 0.416 e. The molecule has 1 atom stereocenters. The molecule has 0 radical (unpaired) electrons. The predicted molar refractivity (Wildman–Crippen MR) is 123 cm³/mol. The van der Waals surface area contributed by atoms with Gasteiger partial charge in [0, 0.05) is 13.5 Å². The average Bonchev–Trinajstić information content (AvgIpc) is 2.84. The van der Waals surface area contributed by atoms with Crippen LogP contribution in [0.2, 0.25) is 0 Å². The molecule has 0 bridgehead atoms. The van der Waals surface area contributed by atoms with Gasteiger partial charge in [-0.3, -0.25) is 4.79 Å². The lowest BCUT2D eigenvalue weighted by molar-refractivity contribution is -0.138. The van der Waals surface area contributed by atoms with Crippen LogP contribution < -0.4 is 9.80 Å². The Morgan fingerprint density at radius 2 is 1.69 bits per heavy atom. The number of rotatable bonds is 5. The molecule has 1 heterocycles. The Kier molecular flexibility index (Phi) is 6.51. The van der Waals surface area contributed by atoms with Gasteiger partial charge in [0.1, 0.15) is 11.9 Å². The first-order chi connectivity index (χ1) is 16.6. The van der Waals surface area contributed by atoms with Crippen molar-refractivity contribution in [2.24, 2.45) is 0 Å². The number of carbonyl (C=O) groups is 2. The van der Waals surface area contributed by atoms with Crippen LogP contribution in [-0.2, 0) is 28.7 Å². The van der Waals surface area contributed by atoms with E-state index in [4.69, 9.17) is 4.74 Å². The van der Waals surface area contributed by atoms with Crippen molar-refractivity contribution in [1.29, 1.82) is 0 Å². The number of ether oxygens (including phenoxy) is 1. The van der Waals surface area contributed by atoms with Gasteiger partial charge in [-0.1, -0.05) is 30.3 Å². The first-order valence-corrected chi connectivity index (χ1v) is 10.8. The summed E-state index contributed by atoms with van der Waals surface area (Å²) in [4.78, 5) is 28.2. The maximum atomic E-state index is 14.1. The Morgan fingerprint density at radius 1 is 1.00 bits per heavy atom. The minimum absolute atomic E-state index is 0.0608. The minimum Gasteiger partial charge on any atom is -0.465 e.